The average molecular weight is 473 g/mol. The van der Waals surface area contributed by atoms with Crippen molar-refractivity contribution < 1.29 is 27.4 Å². The second-order valence-corrected chi connectivity index (χ2v) is 7.65. The Labute approximate surface area is 193 Å². The number of rotatable bonds is 7. The van der Waals surface area contributed by atoms with Crippen molar-refractivity contribution in [3.8, 4) is 17.4 Å². The molecule has 11 heteroatoms. The highest BCUT2D eigenvalue weighted by molar-refractivity contribution is 6.00. The lowest BCUT2D eigenvalue weighted by molar-refractivity contribution is -0.139. The molecule has 2 N–H and O–H groups in total. The van der Waals surface area contributed by atoms with Gasteiger partial charge in [0.1, 0.15) is 17.1 Å². The number of nitrogens with one attached hydrogen (secondary N) is 2. The second kappa shape index (κ2) is 9.18. The van der Waals surface area contributed by atoms with Gasteiger partial charge < -0.3 is 25.0 Å². The minimum absolute atomic E-state index is 0.00370. The van der Waals surface area contributed by atoms with Crippen molar-refractivity contribution >= 4 is 17.5 Å². The molecule has 0 saturated heterocycles. The first-order chi connectivity index (χ1) is 16.2. The number of hydrogen-bond acceptors (Lipinski definition) is 7. The van der Waals surface area contributed by atoms with E-state index in [4.69, 9.17) is 9.47 Å². The predicted molar refractivity (Wildman–Crippen MR) is 118 cm³/mol. The summed E-state index contributed by atoms with van der Waals surface area (Å²) in [4.78, 5) is 21.7. The average Bonchev–Trinajstić information content (AvgIpc) is 3.08. The number of aromatic nitrogens is 2. The number of carbonyl (C=O) groups is 1. The van der Waals surface area contributed by atoms with E-state index >= 15 is 0 Å². The van der Waals surface area contributed by atoms with Gasteiger partial charge in [-0.1, -0.05) is 18.2 Å². The van der Waals surface area contributed by atoms with Crippen LogP contribution >= 0.6 is 0 Å². The number of anilines is 2. The number of carbonyl (C=O) groups excluding carboxylic acids is 1. The molecule has 3 aromatic rings. The van der Waals surface area contributed by atoms with Gasteiger partial charge in [0.05, 0.1) is 18.4 Å². The van der Waals surface area contributed by atoms with Gasteiger partial charge in [-0.3, -0.25) is 4.79 Å². The molecule has 34 heavy (non-hydrogen) atoms. The van der Waals surface area contributed by atoms with Crippen molar-refractivity contribution in [3.63, 3.8) is 0 Å². The van der Waals surface area contributed by atoms with Gasteiger partial charge >= 0.3 is 6.18 Å². The van der Waals surface area contributed by atoms with Gasteiger partial charge in [0.15, 0.2) is 0 Å². The van der Waals surface area contributed by atoms with Crippen molar-refractivity contribution in [1.82, 2.24) is 20.2 Å². The number of benzene rings is 2. The topological polar surface area (TPSA) is 88.6 Å². The second-order valence-electron chi connectivity index (χ2n) is 7.65. The molecule has 1 aromatic heterocycles. The Morgan fingerprint density at radius 3 is 2.68 bits per heavy atom. The van der Waals surface area contributed by atoms with Gasteiger partial charge in [0, 0.05) is 26.3 Å². The molecule has 0 bridgehead atoms. The first kappa shape index (κ1) is 23.3. The molecule has 0 unspecified atom stereocenters. The Hall–Kier alpha value is -3.86. The Morgan fingerprint density at radius 1 is 1.18 bits per heavy atom. The van der Waals surface area contributed by atoms with Crippen LogP contribution < -0.4 is 20.1 Å². The van der Waals surface area contributed by atoms with E-state index in [0.717, 1.165) is 5.56 Å². The maximum Gasteiger partial charge on any atom is 0.423 e. The van der Waals surface area contributed by atoms with Crippen molar-refractivity contribution in [2.75, 3.05) is 26.5 Å². The van der Waals surface area contributed by atoms with Crippen LogP contribution in [-0.4, -0.2) is 42.0 Å². The van der Waals surface area contributed by atoms with Gasteiger partial charge in [0.25, 0.3) is 5.91 Å². The number of nitrogens with zero attached hydrogens (tertiary/aromatic N) is 3. The first-order valence-electron chi connectivity index (χ1n) is 10.3. The maximum atomic E-state index is 13.7. The molecular formula is C23H22F3N5O3. The third kappa shape index (κ3) is 4.60. The van der Waals surface area contributed by atoms with Crippen LogP contribution in [0.5, 0.6) is 17.4 Å². The van der Waals surface area contributed by atoms with E-state index in [2.05, 4.69) is 20.6 Å². The SMILES string of the molecule is CNCc1ccc(Nc2ncc(C(F)(F)F)c(Oc3cccc4c3C(=O)N(C)C4)n2)c(OC)c1. The van der Waals surface area contributed by atoms with Gasteiger partial charge in [0.2, 0.25) is 11.8 Å². The zero-order chi connectivity index (χ0) is 24.5. The standard InChI is InChI=1S/C23H22F3N5O3/c1-27-10-13-7-8-16(18(9-13)33-3)29-22-28-11-15(23(24,25)26)20(30-22)34-17-6-4-5-14-12-31(2)21(32)19(14)17/h4-9,11,27H,10,12H2,1-3H3,(H,28,29,30). The number of halogens is 3. The van der Waals surface area contributed by atoms with Crippen LogP contribution in [0, 0.1) is 0 Å². The minimum atomic E-state index is -4.76. The van der Waals surface area contributed by atoms with Crippen molar-refractivity contribution in [2.45, 2.75) is 19.3 Å². The monoisotopic (exact) mass is 473 g/mol. The number of fused-ring (bicyclic) bond motifs is 1. The zero-order valence-corrected chi connectivity index (χ0v) is 18.7. The highest BCUT2D eigenvalue weighted by Crippen LogP contribution is 2.40. The summed E-state index contributed by atoms with van der Waals surface area (Å²) in [5, 5.41) is 5.90. The molecule has 1 aliphatic rings. The molecule has 0 spiro atoms. The molecule has 0 radical (unpaired) electrons. The van der Waals surface area contributed by atoms with Gasteiger partial charge in [-0.05, 0) is 36.4 Å². The predicted octanol–water partition coefficient (Wildman–Crippen LogP) is 4.34. The quantitative estimate of drug-likeness (QED) is 0.528. The number of ether oxygens (including phenoxy) is 2. The Balaban J connectivity index is 1.71. The summed E-state index contributed by atoms with van der Waals surface area (Å²) in [5.74, 6) is -0.715. The largest absolute Gasteiger partial charge is 0.495 e. The summed E-state index contributed by atoms with van der Waals surface area (Å²) in [6, 6.07) is 10.1. The molecule has 178 valence electrons. The Morgan fingerprint density at radius 2 is 1.97 bits per heavy atom. The van der Waals surface area contributed by atoms with E-state index in [1.807, 2.05) is 13.1 Å². The first-order valence-corrected chi connectivity index (χ1v) is 10.3. The molecule has 4 rings (SSSR count). The number of methoxy groups -OCH3 is 1. The molecule has 1 amide bonds. The molecular weight excluding hydrogens is 451 g/mol. The molecule has 2 heterocycles. The highest BCUT2D eigenvalue weighted by Gasteiger charge is 2.37. The summed E-state index contributed by atoms with van der Waals surface area (Å²) in [7, 11) is 4.90. The van der Waals surface area contributed by atoms with E-state index in [1.165, 1.54) is 18.1 Å². The van der Waals surface area contributed by atoms with Crippen LogP contribution in [0.25, 0.3) is 0 Å². The lowest BCUT2D eigenvalue weighted by atomic mass is 10.1. The molecule has 0 atom stereocenters. The van der Waals surface area contributed by atoms with Crippen molar-refractivity contribution in [2.24, 2.45) is 0 Å². The van der Waals surface area contributed by atoms with Gasteiger partial charge in [-0.15, -0.1) is 0 Å². The zero-order valence-electron chi connectivity index (χ0n) is 18.7. The lowest BCUT2D eigenvalue weighted by Gasteiger charge is -2.16. The summed E-state index contributed by atoms with van der Waals surface area (Å²) in [6.07, 6.45) is -4.12. The highest BCUT2D eigenvalue weighted by atomic mass is 19.4. The number of hydrogen-bond donors (Lipinski definition) is 2. The molecule has 0 aliphatic carbocycles. The van der Waals surface area contributed by atoms with E-state index in [0.29, 0.717) is 36.3 Å². The van der Waals surface area contributed by atoms with Crippen LogP contribution in [0.15, 0.2) is 42.6 Å². The fourth-order valence-corrected chi connectivity index (χ4v) is 3.63. The molecule has 0 fully saturated rings. The molecule has 1 aliphatic heterocycles. The number of alkyl halides is 3. The van der Waals surface area contributed by atoms with Crippen LogP contribution in [0.1, 0.15) is 27.0 Å². The number of amides is 1. The normalized spacial score (nSPS) is 13.1. The van der Waals surface area contributed by atoms with Crippen molar-refractivity contribution in [3.05, 3.63) is 64.8 Å². The van der Waals surface area contributed by atoms with Crippen LogP contribution in [-0.2, 0) is 19.3 Å². The summed E-state index contributed by atoms with van der Waals surface area (Å²) >= 11 is 0. The van der Waals surface area contributed by atoms with Gasteiger partial charge in [-0.25, -0.2) is 4.98 Å². The van der Waals surface area contributed by atoms with Crippen LogP contribution in [0.2, 0.25) is 0 Å². The third-order valence-corrected chi connectivity index (χ3v) is 5.24. The maximum absolute atomic E-state index is 13.7. The summed E-state index contributed by atoms with van der Waals surface area (Å²) in [5.41, 5.74) is 1.14. The Kier molecular flexibility index (Phi) is 6.29. The van der Waals surface area contributed by atoms with Crippen LogP contribution in [0.4, 0.5) is 24.8 Å². The van der Waals surface area contributed by atoms with E-state index in [1.54, 1.807) is 31.3 Å². The van der Waals surface area contributed by atoms with Crippen molar-refractivity contribution in [1.29, 1.82) is 0 Å². The molecule has 0 saturated carbocycles. The smallest absolute Gasteiger partial charge is 0.423 e. The fraction of sp³-hybridized carbons (Fsp3) is 0.261. The summed E-state index contributed by atoms with van der Waals surface area (Å²) in [6.45, 7) is 0.956. The van der Waals surface area contributed by atoms with E-state index in [9.17, 15) is 18.0 Å². The Bertz CT molecular complexity index is 1230. The summed E-state index contributed by atoms with van der Waals surface area (Å²) < 4.78 is 52.0. The van der Waals surface area contributed by atoms with E-state index < -0.39 is 17.6 Å². The molecule has 2 aromatic carbocycles. The van der Waals surface area contributed by atoms with Crippen LogP contribution in [0.3, 0.4) is 0 Å². The third-order valence-electron chi connectivity index (χ3n) is 5.24. The van der Waals surface area contributed by atoms with E-state index in [-0.39, 0.29) is 23.2 Å². The fourth-order valence-electron chi connectivity index (χ4n) is 3.63. The van der Waals surface area contributed by atoms with Gasteiger partial charge in [-0.2, -0.15) is 18.2 Å². The molecule has 8 nitrogen and oxygen atoms in total. The lowest BCUT2D eigenvalue weighted by Crippen LogP contribution is -2.18. The minimum Gasteiger partial charge on any atom is -0.495 e.